The molecule has 10 heteroatoms. The molecule has 5 N–H and O–H groups in total. The summed E-state index contributed by atoms with van der Waals surface area (Å²) in [5, 5.41) is 5.04. The van der Waals surface area contributed by atoms with Crippen molar-refractivity contribution >= 4 is 40.9 Å². The van der Waals surface area contributed by atoms with Crippen LogP contribution in [-0.4, -0.2) is 34.6 Å². The molecule has 2 saturated heterocycles. The number of benzene rings is 2. The van der Waals surface area contributed by atoms with Gasteiger partial charge in [0, 0.05) is 23.4 Å². The topological polar surface area (TPSA) is 126 Å². The molecule has 8 nitrogen and oxygen atoms in total. The minimum Gasteiger partial charge on any atom is -0.370 e. The molecule has 0 aliphatic carbocycles. The van der Waals surface area contributed by atoms with E-state index in [1.165, 1.54) is 24.3 Å². The molecule has 3 aliphatic heterocycles. The summed E-state index contributed by atoms with van der Waals surface area (Å²) in [4.78, 5) is 53.4. The van der Waals surface area contributed by atoms with Crippen LogP contribution in [0, 0.1) is 24.6 Å². The van der Waals surface area contributed by atoms with Gasteiger partial charge in [0.25, 0.3) is 5.91 Å². The first-order valence-corrected chi connectivity index (χ1v) is 11.4. The number of imide groups is 1. The minimum absolute atomic E-state index is 0.0168. The summed E-state index contributed by atoms with van der Waals surface area (Å²) < 4.78 is 13.3. The average Bonchev–Trinajstić information content (AvgIpc) is 3.35. The molecule has 4 atom stereocenters. The number of nitrogens with zero attached hydrogens (tertiary/aromatic N) is 1. The third-order valence-electron chi connectivity index (χ3n) is 7.21. The number of anilines is 1. The summed E-state index contributed by atoms with van der Waals surface area (Å²) in [5.74, 6) is -4.03. The fourth-order valence-electron chi connectivity index (χ4n) is 5.75. The predicted molar refractivity (Wildman–Crippen MR) is 120 cm³/mol. The third kappa shape index (κ3) is 3.22. The maximum absolute atomic E-state index is 13.7. The van der Waals surface area contributed by atoms with E-state index in [0.717, 1.165) is 10.5 Å². The highest BCUT2D eigenvalue weighted by atomic mass is 35.5. The van der Waals surface area contributed by atoms with Gasteiger partial charge in [-0.15, -0.1) is 0 Å². The second kappa shape index (κ2) is 7.89. The fraction of sp³-hybridized carbons (Fsp3) is 0.333. The van der Waals surface area contributed by atoms with Gasteiger partial charge in [-0.2, -0.15) is 0 Å². The van der Waals surface area contributed by atoms with E-state index in [2.05, 4.69) is 5.32 Å². The van der Waals surface area contributed by atoms with E-state index in [1.54, 1.807) is 17.4 Å². The number of aryl methyl sites for hydroxylation is 1. The van der Waals surface area contributed by atoms with Gasteiger partial charge in [-0.25, -0.2) is 4.39 Å². The summed E-state index contributed by atoms with van der Waals surface area (Å²) in [6.07, 6.45) is 0.257. The quantitative estimate of drug-likeness (QED) is 0.545. The van der Waals surface area contributed by atoms with Gasteiger partial charge in [-0.05, 0) is 42.3 Å². The van der Waals surface area contributed by atoms with Gasteiger partial charge < -0.3 is 16.4 Å². The second-order valence-electron chi connectivity index (χ2n) is 9.20. The molecule has 0 unspecified atom stereocenters. The summed E-state index contributed by atoms with van der Waals surface area (Å²) >= 11 is 6.33. The maximum Gasteiger partial charge on any atom is 0.291 e. The van der Waals surface area contributed by atoms with Crippen molar-refractivity contribution < 1.29 is 28.9 Å². The molecule has 0 saturated carbocycles. The lowest BCUT2D eigenvalue weighted by Gasteiger charge is -2.26. The number of halogens is 2. The number of carbonyl (C=O) groups is 4. The van der Waals surface area contributed by atoms with E-state index in [4.69, 9.17) is 17.3 Å². The monoisotopic (exact) mass is 485 g/mol. The Bertz CT molecular complexity index is 1250. The summed E-state index contributed by atoms with van der Waals surface area (Å²) in [6.45, 7) is 1.77. The van der Waals surface area contributed by atoms with E-state index in [1.807, 2.05) is 6.92 Å². The van der Waals surface area contributed by atoms with Crippen molar-refractivity contribution in [1.82, 2.24) is 4.90 Å². The fourth-order valence-corrected chi connectivity index (χ4v) is 6.03. The van der Waals surface area contributed by atoms with Crippen molar-refractivity contribution in [3.8, 4) is 0 Å². The number of nitrogens with one attached hydrogen (secondary N) is 1. The first-order valence-electron chi connectivity index (χ1n) is 11.0. The van der Waals surface area contributed by atoms with Gasteiger partial charge >= 0.3 is 0 Å². The summed E-state index contributed by atoms with van der Waals surface area (Å²) in [7, 11) is 0. The molecular weight excluding hydrogens is 463 g/mol. The Morgan fingerprint density at radius 3 is 2.59 bits per heavy atom. The number of quaternary nitrogens is 1. The number of likely N-dealkylation sites (tertiary alicyclic amines) is 1. The van der Waals surface area contributed by atoms with Crippen molar-refractivity contribution in [2.45, 2.75) is 37.9 Å². The average molecular weight is 486 g/mol. The van der Waals surface area contributed by atoms with E-state index in [0.29, 0.717) is 21.8 Å². The van der Waals surface area contributed by atoms with E-state index >= 15 is 0 Å². The molecule has 3 heterocycles. The van der Waals surface area contributed by atoms with Gasteiger partial charge in [0.2, 0.25) is 23.3 Å². The largest absolute Gasteiger partial charge is 0.370 e. The van der Waals surface area contributed by atoms with Crippen LogP contribution in [0.1, 0.15) is 29.5 Å². The number of hydrogen-bond acceptors (Lipinski definition) is 4. The van der Waals surface area contributed by atoms with E-state index < -0.39 is 52.9 Å². The highest BCUT2D eigenvalue weighted by Gasteiger charge is 2.74. The van der Waals surface area contributed by atoms with Crippen LogP contribution < -0.4 is 16.4 Å². The SMILES string of the molecule is Cc1cc(Cl)cc2c1NC(=O)[C@@]21[NH2+][C@@H](CCC(N)=O)[C@H]2C(=O)N(Cc3ccc(F)cc3)C(=O)[C@H]21. The van der Waals surface area contributed by atoms with Crippen LogP contribution in [-0.2, 0) is 31.3 Å². The van der Waals surface area contributed by atoms with Crippen LogP contribution in [0.4, 0.5) is 10.1 Å². The van der Waals surface area contributed by atoms with Gasteiger partial charge in [0.1, 0.15) is 23.7 Å². The Hall–Kier alpha value is -3.30. The molecule has 2 aromatic carbocycles. The molecular formula is C24H23ClFN4O4+. The zero-order valence-corrected chi connectivity index (χ0v) is 19.1. The zero-order chi connectivity index (χ0) is 24.4. The Labute approximate surface area is 199 Å². The molecule has 3 aliphatic rings. The second-order valence-corrected chi connectivity index (χ2v) is 9.63. The van der Waals surface area contributed by atoms with Crippen LogP contribution in [0.25, 0.3) is 0 Å². The first-order chi connectivity index (χ1) is 16.1. The molecule has 176 valence electrons. The van der Waals surface area contributed by atoms with E-state index in [-0.39, 0.29) is 19.4 Å². The Balaban J connectivity index is 1.60. The molecule has 2 aromatic rings. The zero-order valence-electron chi connectivity index (χ0n) is 18.3. The predicted octanol–water partition coefficient (Wildman–Crippen LogP) is 0.947. The van der Waals surface area contributed by atoms with Gasteiger partial charge in [0.05, 0.1) is 12.2 Å². The van der Waals surface area contributed by atoms with Gasteiger partial charge in [0.15, 0.2) is 0 Å². The van der Waals surface area contributed by atoms with Gasteiger partial charge in [-0.1, -0.05) is 23.7 Å². The lowest BCUT2D eigenvalue weighted by Crippen LogP contribution is -2.99. The molecule has 0 aromatic heterocycles. The number of amides is 4. The van der Waals surface area contributed by atoms with Crippen molar-refractivity contribution in [3.05, 3.63) is 63.9 Å². The molecule has 0 bridgehead atoms. The molecule has 34 heavy (non-hydrogen) atoms. The minimum atomic E-state index is -1.39. The lowest BCUT2D eigenvalue weighted by molar-refractivity contribution is -0.734. The summed E-state index contributed by atoms with van der Waals surface area (Å²) in [5.41, 5.74) is 6.45. The molecule has 2 fully saturated rings. The smallest absolute Gasteiger partial charge is 0.291 e. The number of nitrogens with two attached hydrogens (primary N) is 2. The van der Waals surface area contributed by atoms with Crippen LogP contribution >= 0.6 is 11.6 Å². The Kier molecular flexibility index (Phi) is 5.22. The lowest BCUT2D eigenvalue weighted by atomic mass is 9.76. The van der Waals surface area contributed by atoms with Crippen molar-refractivity contribution in [1.29, 1.82) is 0 Å². The van der Waals surface area contributed by atoms with Gasteiger partial charge in [-0.3, -0.25) is 24.1 Å². The highest BCUT2D eigenvalue weighted by Crippen LogP contribution is 2.51. The normalized spacial score (nSPS) is 27.3. The Morgan fingerprint density at radius 2 is 1.91 bits per heavy atom. The molecule has 5 rings (SSSR count). The summed E-state index contributed by atoms with van der Waals surface area (Å²) in [6, 6.07) is 8.41. The molecule has 0 radical (unpaired) electrons. The first kappa shape index (κ1) is 22.5. The highest BCUT2D eigenvalue weighted by molar-refractivity contribution is 6.31. The number of rotatable bonds is 5. The molecule has 1 spiro atoms. The third-order valence-corrected chi connectivity index (χ3v) is 7.43. The number of carbonyl (C=O) groups excluding carboxylic acids is 4. The van der Waals surface area contributed by atoms with Crippen LogP contribution in [0.2, 0.25) is 5.02 Å². The maximum atomic E-state index is 13.7. The van der Waals surface area contributed by atoms with Crippen LogP contribution in [0.5, 0.6) is 0 Å². The van der Waals surface area contributed by atoms with Crippen molar-refractivity contribution in [2.24, 2.45) is 17.6 Å². The standard InChI is InChI=1S/C24H22ClFN4O4/c1-11-8-13(25)9-15-20(11)28-23(34)24(15)19-18(16(29-24)6-7-17(27)31)21(32)30(22(19)33)10-12-2-4-14(26)5-3-12/h2-5,8-9,16,18-19,29H,6-7,10H2,1H3,(H2,27,31)(H,28,34)/p+1/t16-,18+,19-,24+/m0/s1. The number of primary amides is 1. The van der Waals surface area contributed by atoms with Crippen LogP contribution in [0.15, 0.2) is 36.4 Å². The van der Waals surface area contributed by atoms with E-state index in [9.17, 15) is 23.6 Å². The number of hydrogen-bond donors (Lipinski definition) is 3. The number of fused-ring (bicyclic) bond motifs is 4. The van der Waals surface area contributed by atoms with Crippen molar-refractivity contribution in [2.75, 3.05) is 5.32 Å². The molecule has 4 amide bonds. The Morgan fingerprint density at radius 1 is 1.21 bits per heavy atom. The van der Waals surface area contributed by atoms with Crippen LogP contribution in [0.3, 0.4) is 0 Å². The van der Waals surface area contributed by atoms with Crippen molar-refractivity contribution in [3.63, 3.8) is 0 Å².